The van der Waals surface area contributed by atoms with E-state index in [4.69, 9.17) is 0 Å². The molecule has 0 fully saturated rings. The summed E-state index contributed by atoms with van der Waals surface area (Å²) in [7, 11) is 0. The summed E-state index contributed by atoms with van der Waals surface area (Å²) in [6.07, 6.45) is -0.521. The zero-order chi connectivity index (χ0) is 13.1. The largest absolute Gasteiger partial charge is 0.389 e. The zero-order valence-electron chi connectivity index (χ0n) is 9.73. The quantitative estimate of drug-likeness (QED) is 0.874. The Balaban J connectivity index is 2.26. The van der Waals surface area contributed by atoms with Crippen molar-refractivity contribution in [2.45, 2.75) is 22.8 Å². The van der Waals surface area contributed by atoms with Gasteiger partial charge in [-0.25, -0.2) is 4.39 Å². The first-order valence-corrected chi connectivity index (χ1v) is 7.09. The molecule has 4 heteroatoms. The van der Waals surface area contributed by atoms with Crippen molar-refractivity contribution in [1.82, 2.24) is 0 Å². The Hall–Kier alpha value is -0.840. The van der Waals surface area contributed by atoms with E-state index < -0.39 is 6.10 Å². The summed E-state index contributed by atoms with van der Waals surface area (Å²) in [5, 5.41) is 9.53. The van der Waals surface area contributed by atoms with Crippen LogP contribution in [0.2, 0.25) is 0 Å². The van der Waals surface area contributed by atoms with Gasteiger partial charge in [0.2, 0.25) is 0 Å². The molecule has 0 aliphatic rings. The van der Waals surface area contributed by atoms with Crippen LogP contribution in [0.15, 0.2) is 56.7 Å². The maximum absolute atomic E-state index is 13.5. The number of aliphatic hydroxyl groups is 1. The van der Waals surface area contributed by atoms with Crippen LogP contribution in [0, 0.1) is 5.82 Å². The van der Waals surface area contributed by atoms with Gasteiger partial charge in [0, 0.05) is 14.3 Å². The van der Waals surface area contributed by atoms with Gasteiger partial charge in [-0.15, -0.1) is 0 Å². The summed E-state index contributed by atoms with van der Waals surface area (Å²) in [5.41, 5.74) is 0.827. The summed E-state index contributed by atoms with van der Waals surface area (Å²) < 4.78 is 14.3. The molecule has 0 radical (unpaired) electrons. The topological polar surface area (TPSA) is 20.2 Å². The van der Waals surface area contributed by atoms with Crippen molar-refractivity contribution in [3.8, 4) is 0 Å². The van der Waals surface area contributed by atoms with Crippen molar-refractivity contribution >= 4 is 27.7 Å². The van der Waals surface area contributed by atoms with Crippen LogP contribution in [-0.4, -0.2) is 5.11 Å². The first kappa shape index (κ1) is 13.6. The fourth-order valence-corrected chi connectivity index (χ4v) is 3.31. The van der Waals surface area contributed by atoms with Crippen molar-refractivity contribution < 1.29 is 9.50 Å². The minimum absolute atomic E-state index is 0.224. The second-order valence-corrected chi connectivity index (χ2v) is 5.86. The Labute approximate surface area is 118 Å². The third-order valence-electron chi connectivity index (χ3n) is 2.49. The Kier molecular flexibility index (Phi) is 4.43. The van der Waals surface area contributed by atoms with Gasteiger partial charge in [0.1, 0.15) is 5.82 Å². The molecular formula is C14H12BrFOS. The molecule has 0 amide bonds. The van der Waals surface area contributed by atoms with Gasteiger partial charge in [0.05, 0.1) is 6.10 Å². The fourth-order valence-electron chi connectivity index (χ4n) is 1.56. The summed E-state index contributed by atoms with van der Waals surface area (Å²) in [6, 6.07) is 12.3. The Bertz CT molecular complexity index is 557. The highest BCUT2D eigenvalue weighted by Gasteiger charge is 2.08. The molecule has 1 atom stereocenters. The van der Waals surface area contributed by atoms with Crippen molar-refractivity contribution in [2.75, 3.05) is 0 Å². The van der Waals surface area contributed by atoms with E-state index in [-0.39, 0.29) is 5.82 Å². The number of rotatable bonds is 3. The predicted molar refractivity (Wildman–Crippen MR) is 75.3 cm³/mol. The van der Waals surface area contributed by atoms with E-state index in [1.807, 2.05) is 24.3 Å². The van der Waals surface area contributed by atoms with Crippen LogP contribution < -0.4 is 0 Å². The van der Waals surface area contributed by atoms with Crippen molar-refractivity contribution in [3.63, 3.8) is 0 Å². The van der Waals surface area contributed by atoms with E-state index in [1.165, 1.54) is 17.8 Å². The second kappa shape index (κ2) is 5.87. The summed E-state index contributed by atoms with van der Waals surface area (Å²) in [4.78, 5) is 1.52. The highest BCUT2D eigenvalue weighted by Crippen LogP contribution is 2.33. The van der Waals surface area contributed by atoms with E-state index in [0.717, 1.165) is 14.9 Å². The van der Waals surface area contributed by atoms with Gasteiger partial charge in [-0.2, -0.15) is 0 Å². The highest BCUT2D eigenvalue weighted by atomic mass is 79.9. The molecule has 0 aliphatic carbocycles. The molecule has 0 spiro atoms. The monoisotopic (exact) mass is 326 g/mol. The summed E-state index contributed by atoms with van der Waals surface area (Å²) in [6.45, 7) is 1.71. The Morgan fingerprint density at radius 2 is 1.94 bits per heavy atom. The van der Waals surface area contributed by atoms with E-state index in [0.29, 0.717) is 4.90 Å². The van der Waals surface area contributed by atoms with Gasteiger partial charge < -0.3 is 5.11 Å². The van der Waals surface area contributed by atoms with Crippen LogP contribution >= 0.6 is 27.7 Å². The molecular weight excluding hydrogens is 315 g/mol. The van der Waals surface area contributed by atoms with Gasteiger partial charge in [-0.05, 0) is 36.8 Å². The Morgan fingerprint density at radius 3 is 2.56 bits per heavy atom. The van der Waals surface area contributed by atoms with E-state index in [1.54, 1.807) is 19.1 Å². The number of aliphatic hydroxyl groups excluding tert-OH is 1. The lowest BCUT2D eigenvalue weighted by Gasteiger charge is -2.09. The molecule has 0 heterocycles. The molecule has 1 unspecified atom stereocenters. The van der Waals surface area contributed by atoms with Crippen LogP contribution in [0.4, 0.5) is 4.39 Å². The Morgan fingerprint density at radius 1 is 1.22 bits per heavy atom. The van der Waals surface area contributed by atoms with Gasteiger partial charge in [0.15, 0.2) is 0 Å². The average molecular weight is 327 g/mol. The minimum Gasteiger partial charge on any atom is -0.389 e. The molecule has 0 saturated heterocycles. The molecule has 2 aromatic rings. The molecule has 2 aromatic carbocycles. The van der Waals surface area contributed by atoms with Crippen LogP contribution in [0.1, 0.15) is 18.6 Å². The lowest BCUT2D eigenvalue weighted by atomic mass is 10.1. The van der Waals surface area contributed by atoms with Gasteiger partial charge in [-0.1, -0.05) is 45.9 Å². The molecule has 1 N–H and O–H groups in total. The maximum atomic E-state index is 13.5. The van der Waals surface area contributed by atoms with E-state index in [9.17, 15) is 9.50 Å². The molecule has 0 bridgehead atoms. The molecule has 0 aliphatic heterocycles. The van der Waals surface area contributed by atoms with Crippen molar-refractivity contribution in [2.24, 2.45) is 0 Å². The smallest absolute Gasteiger partial charge is 0.137 e. The van der Waals surface area contributed by atoms with Crippen LogP contribution in [0.25, 0.3) is 0 Å². The minimum atomic E-state index is -0.521. The van der Waals surface area contributed by atoms with Crippen LogP contribution in [0.3, 0.4) is 0 Å². The van der Waals surface area contributed by atoms with Crippen LogP contribution in [-0.2, 0) is 0 Å². The van der Waals surface area contributed by atoms with Gasteiger partial charge >= 0.3 is 0 Å². The highest BCUT2D eigenvalue weighted by molar-refractivity contribution is 9.10. The van der Waals surface area contributed by atoms with Crippen LogP contribution in [0.5, 0.6) is 0 Å². The molecule has 2 rings (SSSR count). The van der Waals surface area contributed by atoms with Crippen molar-refractivity contribution in [3.05, 3.63) is 58.3 Å². The molecule has 94 valence electrons. The maximum Gasteiger partial charge on any atom is 0.137 e. The number of halogens is 2. The standard InChI is InChI=1S/C14H12BrFOS/c1-9(17)11-7-6-10(8-12(11)15)18-14-5-3-2-4-13(14)16/h2-9,17H,1H3. The summed E-state index contributed by atoms with van der Waals surface area (Å²) >= 11 is 4.77. The predicted octanol–water partition coefficient (Wildman–Crippen LogP) is 4.79. The molecule has 0 saturated carbocycles. The zero-order valence-corrected chi connectivity index (χ0v) is 12.1. The summed E-state index contributed by atoms with van der Waals surface area (Å²) in [5.74, 6) is -0.224. The number of hydrogen-bond donors (Lipinski definition) is 1. The normalized spacial score (nSPS) is 12.4. The molecule has 0 aromatic heterocycles. The second-order valence-electron chi connectivity index (χ2n) is 3.89. The molecule has 18 heavy (non-hydrogen) atoms. The molecule has 1 nitrogen and oxygen atoms in total. The average Bonchev–Trinajstić information content (AvgIpc) is 2.32. The van der Waals surface area contributed by atoms with E-state index in [2.05, 4.69) is 15.9 Å². The SMILES string of the molecule is CC(O)c1ccc(Sc2ccccc2F)cc1Br. The first-order chi connectivity index (χ1) is 8.58. The lowest BCUT2D eigenvalue weighted by Crippen LogP contribution is -1.92. The van der Waals surface area contributed by atoms with E-state index >= 15 is 0 Å². The third-order valence-corrected chi connectivity index (χ3v) is 4.21. The third kappa shape index (κ3) is 3.13. The number of benzene rings is 2. The van der Waals surface area contributed by atoms with Gasteiger partial charge in [0.25, 0.3) is 0 Å². The van der Waals surface area contributed by atoms with Crippen molar-refractivity contribution in [1.29, 1.82) is 0 Å². The van der Waals surface area contributed by atoms with Gasteiger partial charge in [-0.3, -0.25) is 0 Å². The first-order valence-electron chi connectivity index (χ1n) is 5.48. The fraction of sp³-hybridized carbons (Fsp3) is 0.143. The number of hydrogen-bond acceptors (Lipinski definition) is 2. The lowest BCUT2D eigenvalue weighted by molar-refractivity contribution is 0.198.